The predicted molar refractivity (Wildman–Crippen MR) is 226 cm³/mol. The molecule has 0 heterocycles. The number of benzene rings is 7. The predicted octanol–water partition coefficient (Wildman–Crippen LogP) is 6.48. The summed E-state index contributed by atoms with van der Waals surface area (Å²) >= 11 is 0. The normalized spacial score (nSPS) is 11.8. The van der Waals surface area contributed by atoms with Crippen LogP contribution in [-0.4, -0.2) is 71.4 Å². The Hall–Kier alpha value is -5.08. The molecule has 0 saturated heterocycles. The molecule has 0 unspecified atom stereocenters. The Morgan fingerprint density at radius 1 is 0.611 bits per heavy atom. The van der Waals surface area contributed by atoms with Crippen molar-refractivity contribution in [1.82, 2.24) is 9.80 Å². The molecule has 0 radical (unpaired) electrons. The molecular weight excluding hydrogens is 666 g/mol. The minimum absolute atomic E-state index is 0.522. The third kappa shape index (κ3) is 8.82. The summed E-state index contributed by atoms with van der Waals surface area (Å²) in [6.45, 7) is 11.1. The van der Waals surface area contributed by atoms with Gasteiger partial charge in [-0.1, -0.05) is 78.9 Å². The molecule has 0 atom stereocenters. The van der Waals surface area contributed by atoms with E-state index in [1.807, 2.05) is 42.5 Å². The van der Waals surface area contributed by atoms with Gasteiger partial charge >= 0.3 is 182 Å². The van der Waals surface area contributed by atoms with Gasteiger partial charge in [-0.3, -0.25) is 0 Å². The van der Waals surface area contributed by atoms with Crippen molar-refractivity contribution >= 4 is 69.5 Å². The van der Waals surface area contributed by atoms with Gasteiger partial charge < -0.3 is 10.0 Å². The van der Waals surface area contributed by atoms with E-state index in [0.29, 0.717) is 38.3 Å². The molecule has 0 aliphatic rings. The van der Waals surface area contributed by atoms with Crippen LogP contribution in [0.15, 0.2) is 134 Å². The topological polar surface area (TPSA) is 76.4 Å². The molecule has 0 saturated carbocycles. The van der Waals surface area contributed by atoms with Crippen molar-refractivity contribution in [2.45, 2.75) is 32.6 Å². The zero-order chi connectivity index (χ0) is 37.3. The first-order valence-electron chi connectivity index (χ1n) is 18.7. The van der Waals surface area contributed by atoms with Crippen molar-refractivity contribution in [3.8, 4) is 0 Å². The van der Waals surface area contributed by atoms with Gasteiger partial charge in [0.25, 0.3) is 0 Å². The molecule has 54 heavy (non-hydrogen) atoms. The average Bonchev–Trinajstić information content (AvgIpc) is 3.20. The van der Waals surface area contributed by atoms with E-state index in [1.165, 1.54) is 43.4 Å². The molecular formula is C46H46B2N2O4. The Balaban J connectivity index is 1.04. The summed E-state index contributed by atoms with van der Waals surface area (Å²) in [6, 6.07) is 44.0. The number of hydrogen-bond acceptors (Lipinski definition) is 6. The van der Waals surface area contributed by atoms with Crippen LogP contribution in [0.2, 0.25) is 0 Å². The Labute approximate surface area is 318 Å². The van der Waals surface area contributed by atoms with Crippen molar-refractivity contribution < 1.29 is 19.9 Å². The quantitative estimate of drug-likeness (QED) is 0.0538. The third-order valence-electron chi connectivity index (χ3n) is 10.4. The first-order valence-corrected chi connectivity index (χ1v) is 18.7. The SMILES string of the molecule is C=Cc1ccc(CN(CCCOCCN(Cc2ccccc2B(O)O)Cc2ccc3ccc4cccc5ccc2c3c45)Cc2ccccc2B=CO)cc1. The molecule has 0 aliphatic carbocycles. The number of hydrogen-bond donors (Lipinski definition) is 3. The molecule has 0 bridgehead atoms. The van der Waals surface area contributed by atoms with Crippen molar-refractivity contribution in [1.29, 1.82) is 0 Å². The van der Waals surface area contributed by atoms with E-state index in [-0.39, 0.29) is 0 Å². The van der Waals surface area contributed by atoms with Crippen LogP contribution in [0.1, 0.15) is 34.2 Å². The minimum atomic E-state index is -1.54. The summed E-state index contributed by atoms with van der Waals surface area (Å²) in [7, 11) is -1.54. The standard InChI is InChI=1S/C46H46B2N2O4/c1-2-34-15-17-35(18-16-34)29-49(31-40-9-3-5-13-43(40)47-33-51)25-8-27-54-28-26-50(32-41-10-4-6-14-44(41)48(52)53)30-39-22-21-38-20-19-36-11-7-12-37-23-24-42(39)46(38)45(36)37/h2-7,9-24,33,51-53H,1,8,25-32H2. The molecule has 7 aromatic carbocycles. The van der Waals surface area contributed by atoms with Gasteiger partial charge in [0.1, 0.15) is 0 Å². The van der Waals surface area contributed by atoms with Crippen LogP contribution in [0.3, 0.4) is 0 Å². The first kappa shape index (κ1) is 37.2. The summed E-state index contributed by atoms with van der Waals surface area (Å²) in [5, 5.41) is 37.4. The Morgan fingerprint density at radius 3 is 2.02 bits per heavy atom. The molecule has 0 spiro atoms. The maximum atomic E-state index is 10.2. The van der Waals surface area contributed by atoms with E-state index >= 15 is 0 Å². The summed E-state index contributed by atoms with van der Waals surface area (Å²) < 4.78 is 6.32. The molecule has 0 fully saturated rings. The van der Waals surface area contributed by atoms with Gasteiger partial charge in [-0.15, -0.1) is 0 Å². The molecule has 3 N–H and O–H groups in total. The Kier molecular flexibility index (Phi) is 12.3. The van der Waals surface area contributed by atoms with Crippen molar-refractivity contribution in [3.63, 3.8) is 0 Å². The number of aliphatic hydroxyl groups excluding tert-OH is 1. The van der Waals surface area contributed by atoms with Gasteiger partial charge in [-0.25, -0.2) is 0 Å². The molecule has 0 aromatic heterocycles. The number of aliphatic hydroxyl groups is 1. The van der Waals surface area contributed by atoms with E-state index in [4.69, 9.17) is 4.74 Å². The number of rotatable bonds is 18. The average molecular weight is 713 g/mol. The molecule has 7 rings (SSSR count). The van der Waals surface area contributed by atoms with Crippen LogP contribution in [0, 0.1) is 0 Å². The fourth-order valence-corrected chi connectivity index (χ4v) is 7.64. The van der Waals surface area contributed by atoms with Gasteiger partial charge in [0.15, 0.2) is 0 Å². The zero-order valence-corrected chi connectivity index (χ0v) is 30.6. The molecule has 270 valence electrons. The van der Waals surface area contributed by atoms with Gasteiger partial charge in [0.2, 0.25) is 0 Å². The van der Waals surface area contributed by atoms with E-state index in [1.54, 1.807) is 13.0 Å². The van der Waals surface area contributed by atoms with Crippen LogP contribution in [0.25, 0.3) is 38.4 Å². The van der Waals surface area contributed by atoms with E-state index in [0.717, 1.165) is 54.4 Å². The van der Waals surface area contributed by atoms with Crippen LogP contribution >= 0.6 is 0 Å². The number of nitrogens with zero attached hydrogens (tertiary/aromatic N) is 2. The van der Waals surface area contributed by atoms with E-state index in [2.05, 4.69) is 101 Å². The third-order valence-corrected chi connectivity index (χ3v) is 10.4. The zero-order valence-electron chi connectivity index (χ0n) is 30.6. The molecule has 8 heteroatoms. The summed E-state index contributed by atoms with van der Waals surface area (Å²) in [6.07, 6.45) is 3.82. The van der Waals surface area contributed by atoms with E-state index in [9.17, 15) is 15.2 Å². The van der Waals surface area contributed by atoms with Gasteiger partial charge in [-0.05, 0) is 48.9 Å². The number of ether oxygens (including phenoxy) is 1. The molecule has 0 aliphatic heterocycles. The fourth-order valence-electron chi connectivity index (χ4n) is 7.64. The van der Waals surface area contributed by atoms with Crippen LogP contribution in [0.4, 0.5) is 0 Å². The Morgan fingerprint density at radius 2 is 1.26 bits per heavy atom. The monoisotopic (exact) mass is 712 g/mol. The summed E-state index contributed by atoms with van der Waals surface area (Å²) in [5.41, 5.74) is 7.13. The van der Waals surface area contributed by atoms with Crippen LogP contribution < -0.4 is 10.9 Å². The van der Waals surface area contributed by atoms with E-state index < -0.39 is 7.12 Å². The summed E-state index contributed by atoms with van der Waals surface area (Å²) in [5.74, 6) is 0. The van der Waals surface area contributed by atoms with Crippen molar-refractivity contribution in [2.24, 2.45) is 0 Å². The van der Waals surface area contributed by atoms with Gasteiger partial charge in [0.05, 0.1) is 0 Å². The molecule has 6 nitrogen and oxygen atoms in total. The van der Waals surface area contributed by atoms with Crippen LogP contribution in [-0.2, 0) is 30.9 Å². The van der Waals surface area contributed by atoms with Crippen LogP contribution in [0.5, 0.6) is 0 Å². The summed E-state index contributed by atoms with van der Waals surface area (Å²) in [4.78, 5) is 4.77. The maximum absolute atomic E-state index is 10.2. The van der Waals surface area contributed by atoms with Gasteiger partial charge in [0, 0.05) is 0 Å². The van der Waals surface area contributed by atoms with Gasteiger partial charge in [-0.2, -0.15) is 0 Å². The fraction of sp³-hybridized carbons (Fsp3) is 0.196. The molecule has 7 aromatic rings. The second-order valence-corrected chi connectivity index (χ2v) is 14.0. The Bertz CT molecular complexity index is 2330. The second kappa shape index (κ2) is 17.8. The molecule has 0 amide bonds. The van der Waals surface area contributed by atoms with Crippen molar-refractivity contribution in [2.75, 3.05) is 26.3 Å². The van der Waals surface area contributed by atoms with Crippen molar-refractivity contribution in [3.05, 3.63) is 162 Å². The second-order valence-electron chi connectivity index (χ2n) is 14.0. The first-order chi connectivity index (χ1) is 26.5.